The maximum atomic E-state index is 9.86. The molecule has 2 aliphatic rings. The van der Waals surface area contributed by atoms with E-state index in [1.165, 1.54) is 29.7 Å². The van der Waals surface area contributed by atoms with Gasteiger partial charge in [0, 0.05) is 30.8 Å². The minimum absolute atomic E-state index is 0.0717. The highest BCUT2D eigenvalue weighted by molar-refractivity contribution is 5.56. The van der Waals surface area contributed by atoms with Crippen LogP contribution in [0.25, 0.3) is 0 Å². The van der Waals surface area contributed by atoms with Gasteiger partial charge in [0.2, 0.25) is 0 Å². The maximum Gasteiger partial charge on any atom is 0.0561 e. The summed E-state index contributed by atoms with van der Waals surface area (Å²) in [7, 11) is 0. The number of anilines is 1. The molecule has 1 aromatic carbocycles. The van der Waals surface area contributed by atoms with E-state index in [-0.39, 0.29) is 12.0 Å². The van der Waals surface area contributed by atoms with Gasteiger partial charge in [-0.3, -0.25) is 0 Å². The first-order chi connectivity index (χ1) is 9.72. The second kappa shape index (κ2) is 5.74. The van der Waals surface area contributed by atoms with Crippen LogP contribution in [-0.4, -0.2) is 38.0 Å². The van der Waals surface area contributed by atoms with Crippen molar-refractivity contribution in [1.82, 2.24) is 0 Å². The lowest BCUT2D eigenvalue weighted by Gasteiger charge is -2.42. The lowest BCUT2D eigenvalue weighted by molar-refractivity contribution is -0.0337. The summed E-state index contributed by atoms with van der Waals surface area (Å²) in [4.78, 5) is 2.46. The van der Waals surface area contributed by atoms with Crippen molar-refractivity contribution >= 4 is 5.69 Å². The van der Waals surface area contributed by atoms with Gasteiger partial charge < -0.3 is 14.7 Å². The first-order valence-electron chi connectivity index (χ1n) is 7.76. The van der Waals surface area contributed by atoms with E-state index in [4.69, 9.17) is 4.74 Å². The number of rotatable bonds is 3. The third-order valence-corrected chi connectivity index (χ3v) is 4.72. The fraction of sp³-hybridized carbons (Fsp3) is 0.647. The standard InChI is InChI=1S/C17H25NO2/c1-14-5-6-16-15(10-14)4-2-8-18(16)11-17(12-19)7-3-9-20-13-17/h5-6,10,19H,2-4,7-9,11-13H2,1H3. The van der Waals surface area contributed by atoms with Crippen LogP contribution in [0, 0.1) is 12.3 Å². The van der Waals surface area contributed by atoms with Gasteiger partial charge in [-0.05, 0) is 44.2 Å². The quantitative estimate of drug-likeness (QED) is 0.920. The van der Waals surface area contributed by atoms with E-state index in [2.05, 4.69) is 30.0 Å². The lowest BCUT2D eigenvalue weighted by Crippen LogP contribution is -2.47. The average molecular weight is 275 g/mol. The first kappa shape index (κ1) is 13.9. The highest BCUT2D eigenvalue weighted by Gasteiger charge is 2.35. The smallest absolute Gasteiger partial charge is 0.0561 e. The second-order valence-corrected chi connectivity index (χ2v) is 6.47. The third-order valence-electron chi connectivity index (χ3n) is 4.72. The summed E-state index contributed by atoms with van der Waals surface area (Å²) in [5.41, 5.74) is 4.09. The van der Waals surface area contributed by atoms with E-state index < -0.39 is 0 Å². The molecule has 1 saturated heterocycles. The molecule has 0 radical (unpaired) electrons. The molecule has 0 aliphatic carbocycles. The topological polar surface area (TPSA) is 32.7 Å². The molecule has 0 bridgehead atoms. The van der Waals surface area contributed by atoms with Gasteiger partial charge in [0.1, 0.15) is 0 Å². The van der Waals surface area contributed by atoms with Crippen LogP contribution in [0.1, 0.15) is 30.4 Å². The van der Waals surface area contributed by atoms with Crippen LogP contribution < -0.4 is 4.90 Å². The van der Waals surface area contributed by atoms with Crippen molar-refractivity contribution in [1.29, 1.82) is 0 Å². The molecule has 0 spiro atoms. The molecule has 1 atom stereocenters. The van der Waals surface area contributed by atoms with Crippen molar-refractivity contribution in [2.75, 3.05) is 37.8 Å². The molecule has 0 amide bonds. The molecule has 0 aromatic heterocycles. The predicted octanol–water partition coefficient (Wildman–Crippen LogP) is 2.54. The number of aryl methyl sites for hydroxylation is 2. The van der Waals surface area contributed by atoms with E-state index >= 15 is 0 Å². The van der Waals surface area contributed by atoms with Gasteiger partial charge in [-0.25, -0.2) is 0 Å². The fourth-order valence-electron chi connectivity index (χ4n) is 3.58. The molecule has 0 saturated carbocycles. The van der Waals surface area contributed by atoms with E-state index in [9.17, 15) is 5.11 Å². The number of ether oxygens (including phenoxy) is 1. The third kappa shape index (κ3) is 2.70. The molecule has 3 heteroatoms. The normalized spacial score (nSPS) is 26.4. The van der Waals surface area contributed by atoms with Crippen molar-refractivity contribution in [3.05, 3.63) is 29.3 Å². The van der Waals surface area contributed by atoms with Crippen LogP contribution in [0.2, 0.25) is 0 Å². The Morgan fingerprint density at radius 1 is 1.35 bits per heavy atom. The van der Waals surface area contributed by atoms with Gasteiger partial charge in [0.25, 0.3) is 0 Å². The summed E-state index contributed by atoms with van der Waals surface area (Å²) in [5, 5.41) is 9.86. The van der Waals surface area contributed by atoms with Gasteiger partial charge in [-0.1, -0.05) is 17.7 Å². The van der Waals surface area contributed by atoms with E-state index in [1.54, 1.807) is 0 Å². The molecule has 1 N–H and O–H groups in total. The van der Waals surface area contributed by atoms with Crippen LogP contribution in [0.4, 0.5) is 5.69 Å². The summed E-state index contributed by atoms with van der Waals surface area (Å²) in [6.07, 6.45) is 4.52. The maximum absolute atomic E-state index is 9.86. The largest absolute Gasteiger partial charge is 0.396 e. The van der Waals surface area contributed by atoms with Crippen LogP contribution in [0.15, 0.2) is 18.2 Å². The molecule has 110 valence electrons. The van der Waals surface area contributed by atoms with Gasteiger partial charge in [-0.2, -0.15) is 0 Å². The van der Waals surface area contributed by atoms with Crippen LogP contribution in [0.5, 0.6) is 0 Å². The Balaban J connectivity index is 1.81. The Morgan fingerprint density at radius 3 is 3.00 bits per heavy atom. The van der Waals surface area contributed by atoms with Gasteiger partial charge in [0.05, 0.1) is 13.2 Å². The Hall–Kier alpha value is -1.06. The average Bonchev–Trinajstić information content (AvgIpc) is 2.48. The highest BCUT2D eigenvalue weighted by Crippen LogP contribution is 2.34. The zero-order valence-electron chi connectivity index (χ0n) is 12.4. The number of aliphatic hydroxyl groups is 1. The Bertz CT molecular complexity index is 466. The number of benzene rings is 1. The van der Waals surface area contributed by atoms with E-state index in [1.807, 2.05) is 0 Å². The molecule has 3 rings (SSSR count). The minimum atomic E-state index is -0.0717. The van der Waals surface area contributed by atoms with Crippen molar-refractivity contribution < 1.29 is 9.84 Å². The fourth-order valence-corrected chi connectivity index (χ4v) is 3.58. The van der Waals surface area contributed by atoms with Crippen molar-refractivity contribution in [2.24, 2.45) is 5.41 Å². The predicted molar refractivity (Wildman–Crippen MR) is 81.3 cm³/mol. The minimum Gasteiger partial charge on any atom is -0.396 e. The SMILES string of the molecule is Cc1ccc2c(c1)CCCN2CC1(CO)CCCOC1. The molecular weight excluding hydrogens is 250 g/mol. The summed E-state index contributed by atoms with van der Waals surface area (Å²) in [6, 6.07) is 6.75. The number of aliphatic hydroxyl groups excluding tert-OH is 1. The van der Waals surface area contributed by atoms with Crippen LogP contribution in [0.3, 0.4) is 0 Å². The zero-order valence-corrected chi connectivity index (χ0v) is 12.4. The number of nitrogens with zero attached hydrogens (tertiary/aromatic N) is 1. The van der Waals surface area contributed by atoms with Gasteiger partial charge >= 0.3 is 0 Å². The van der Waals surface area contributed by atoms with E-state index in [0.717, 1.165) is 32.5 Å². The monoisotopic (exact) mass is 275 g/mol. The van der Waals surface area contributed by atoms with Crippen molar-refractivity contribution in [2.45, 2.75) is 32.6 Å². The summed E-state index contributed by atoms with van der Waals surface area (Å²) >= 11 is 0. The molecule has 1 unspecified atom stereocenters. The Morgan fingerprint density at radius 2 is 2.25 bits per heavy atom. The molecule has 1 aromatic rings. The molecule has 2 heterocycles. The number of fused-ring (bicyclic) bond motifs is 1. The number of hydrogen-bond acceptors (Lipinski definition) is 3. The molecular formula is C17H25NO2. The van der Waals surface area contributed by atoms with Crippen LogP contribution >= 0.6 is 0 Å². The van der Waals surface area contributed by atoms with Crippen LogP contribution in [-0.2, 0) is 11.2 Å². The molecule has 1 fully saturated rings. The van der Waals surface area contributed by atoms with E-state index in [0.29, 0.717) is 6.61 Å². The molecule has 2 aliphatic heterocycles. The summed E-state index contributed by atoms with van der Waals surface area (Å²) < 4.78 is 5.64. The molecule has 3 nitrogen and oxygen atoms in total. The number of hydrogen-bond donors (Lipinski definition) is 1. The van der Waals surface area contributed by atoms with Gasteiger partial charge in [0.15, 0.2) is 0 Å². The Kier molecular flexibility index (Phi) is 3.99. The van der Waals surface area contributed by atoms with Gasteiger partial charge in [-0.15, -0.1) is 0 Å². The highest BCUT2D eigenvalue weighted by atomic mass is 16.5. The molecule has 20 heavy (non-hydrogen) atoms. The summed E-state index contributed by atoms with van der Waals surface area (Å²) in [5.74, 6) is 0. The summed E-state index contributed by atoms with van der Waals surface area (Å²) in [6.45, 7) is 5.93. The van der Waals surface area contributed by atoms with Crippen molar-refractivity contribution in [3.63, 3.8) is 0 Å². The Labute approximate surface area is 121 Å². The first-order valence-corrected chi connectivity index (χ1v) is 7.76. The second-order valence-electron chi connectivity index (χ2n) is 6.47. The zero-order chi connectivity index (χ0) is 14.0. The van der Waals surface area contributed by atoms with Crippen molar-refractivity contribution in [3.8, 4) is 0 Å². The lowest BCUT2D eigenvalue weighted by atomic mass is 9.82.